The first-order chi connectivity index (χ1) is 28.6. The summed E-state index contributed by atoms with van der Waals surface area (Å²) < 4.78 is 0. The molecule has 12 N–H and O–H groups in total. The molecule has 0 aliphatic carbocycles. The number of nitrogens with zero attached hydrogens (tertiary/aromatic N) is 2. The zero-order valence-corrected chi connectivity index (χ0v) is 35.7. The number of aliphatic carboxylic acids is 2. The normalized spacial score (nSPS) is 16.8. The number of aliphatic hydroxyl groups excluding tert-OH is 1. The molecule has 1 aromatic heterocycles. The van der Waals surface area contributed by atoms with Crippen LogP contribution in [0.1, 0.15) is 92.2 Å². The number of H-pyrrole nitrogens is 1. The summed E-state index contributed by atoms with van der Waals surface area (Å²) in [5.74, 6) is -8.09. The first-order valence-corrected chi connectivity index (χ1v) is 20.5. The van der Waals surface area contributed by atoms with Gasteiger partial charge in [-0.2, -0.15) is 0 Å². The summed E-state index contributed by atoms with van der Waals surface area (Å²) in [5, 5.41) is 43.5. The minimum absolute atomic E-state index is 0.0846. The van der Waals surface area contributed by atoms with Gasteiger partial charge in [-0.05, 0) is 56.3 Å². The molecule has 1 saturated heterocycles. The number of amides is 7. The lowest BCUT2D eigenvalue weighted by Gasteiger charge is -2.31. The van der Waals surface area contributed by atoms with Crippen molar-refractivity contribution in [1.29, 1.82) is 0 Å². The Labute approximate surface area is 354 Å². The Morgan fingerprint density at radius 3 is 1.80 bits per heavy atom. The third kappa shape index (κ3) is 17.9. The Kier molecular flexibility index (Phi) is 21.3. The molecule has 61 heavy (non-hydrogen) atoms. The number of aromatic nitrogens is 2. The zero-order chi connectivity index (χ0) is 46.0. The van der Waals surface area contributed by atoms with Gasteiger partial charge in [0.25, 0.3) is 0 Å². The predicted molar refractivity (Wildman–Crippen MR) is 218 cm³/mol. The second kappa shape index (κ2) is 25.2. The van der Waals surface area contributed by atoms with Crippen molar-refractivity contribution in [3.8, 4) is 0 Å². The second-order valence-electron chi connectivity index (χ2n) is 16.5. The van der Waals surface area contributed by atoms with Gasteiger partial charge < -0.3 is 62.8 Å². The molecule has 0 bridgehead atoms. The lowest BCUT2D eigenvalue weighted by Crippen LogP contribution is -2.60. The molecule has 2 rings (SSSR count). The molecule has 342 valence electrons. The van der Waals surface area contributed by atoms with Crippen molar-refractivity contribution in [3.63, 3.8) is 0 Å². The molecule has 0 saturated carbocycles. The lowest BCUT2D eigenvalue weighted by atomic mass is 9.98. The van der Waals surface area contributed by atoms with Gasteiger partial charge in [0.1, 0.15) is 36.3 Å². The number of nitrogens with one attached hydrogen (secondary N) is 7. The molecule has 0 spiro atoms. The van der Waals surface area contributed by atoms with E-state index in [9.17, 15) is 53.4 Å². The number of aromatic amines is 1. The fourth-order valence-corrected chi connectivity index (χ4v) is 6.65. The second-order valence-corrected chi connectivity index (χ2v) is 16.5. The number of carbonyl (C=O) groups is 9. The van der Waals surface area contributed by atoms with Crippen LogP contribution in [0.2, 0.25) is 0 Å². The standard InChI is InChI=1S/C39H64N10O12/c1-20(2)12-25(46-36(57)29(18-50)44-31(51)17-42-33(54)24(40)9-10-32(52)53)34(55)45-26(13-21(3)4)35(56)47-27(14-22(5)6)38(59)49-11-7-8-30(49)37(58)48-28(39(60)61)15-23-16-41-19-43-23/h16,19-22,24-30,50H,7-15,17-18,40H2,1-6H3,(H,41,43)(H,42,54)(H,44,51)(H,45,55)(H,46,57)(H,47,56)(H,48,58)(H,52,53)(H,60,61)/t24-,25-,26-,27-,28-,29-,30-/m0/s1. The van der Waals surface area contributed by atoms with Gasteiger partial charge in [0.15, 0.2) is 0 Å². The van der Waals surface area contributed by atoms with Crippen molar-refractivity contribution >= 4 is 53.3 Å². The van der Waals surface area contributed by atoms with Crippen LogP contribution in [0.3, 0.4) is 0 Å². The van der Waals surface area contributed by atoms with Crippen LogP contribution in [0, 0.1) is 17.8 Å². The van der Waals surface area contributed by atoms with Crippen molar-refractivity contribution in [1.82, 2.24) is 46.8 Å². The van der Waals surface area contributed by atoms with Gasteiger partial charge in [-0.25, -0.2) is 9.78 Å². The molecule has 0 unspecified atom stereocenters. The predicted octanol–water partition coefficient (Wildman–Crippen LogP) is -2.11. The van der Waals surface area contributed by atoms with Gasteiger partial charge in [-0.3, -0.25) is 38.4 Å². The first-order valence-electron chi connectivity index (χ1n) is 20.5. The van der Waals surface area contributed by atoms with E-state index in [-0.39, 0.29) is 69.2 Å². The van der Waals surface area contributed by atoms with E-state index < -0.39 is 109 Å². The van der Waals surface area contributed by atoms with E-state index in [4.69, 9.17) is 10.8 Å². The van der Waals surface area contributed by atoms with Crippen LogP contribution < -0.4 is 37.6 Å². The van der Waals surface area contributed by atoms with Crippen LogP contribution in [-0.4, -0.2) is 145 Å². The van der Waals surface area contributed by atoms with Crippen LogP contribution in [0.4, 0.5) is 0 Å². The summed E-state index contributed by atoms with van der Waals surface area (Å²) in [6, 6.07) is -8.59. The Bertz CT molecular complexity index is 1670. The first kappa shape index (κ1) is 51.5. The van der Waals surface area contributed by atoms with E-state index in [0.717, 1.165) is 0 Å². The van der Waals surface area contributed by atoms with E-state index in [2.05, 4.69) is 41.9 Å². The van der Waals surface area contributed by atoms with Crippen molar-refractivity contribution in [2.75, 3.05) is 19.7 Å². The number of hydrogen-bond acceptors (Lipinski definition) is 12. The highest BCUT2D eigenvalue weighted by molar-refractivity contribution is 5.97. The molecule has 22 heteroatoms. The fraction of sp³-hybridized carbons (Fsp3) is 0.692. The van der Waals surface area contributed by atoms with Gasteiger partial charge in [0.2, 0.25) is 41.4 Å². The molecule has 1 fully saturated rings. The smallest absolute Gasteiger partial charge is 0.326 e. The molecule has 7 atom stereocenters. The molecule has 2 heterocycles. The number of imidazole rings is 1. The summed E-state index contributed by atoms with van der Waals surface area (Å²) in [6.45, 7) is 9.57. The van der Waals surface area contributed by atoms with E-state index >= 15 is 0 Å². The summed E-state index contributed by atoms with van der Waals surface area (Å²) in [6.07, 6.45) is 3.39. The van der Waals surface area contributed by atoms with Crippen molar-refractivity contribution in [2.24, 2.45) is 23.5 Å². The third-order valence-electron chi connectivity index (χ3n) is 9.69. The maximum atomic E-state index is 14.1. The van der Waals surface area contributed by atoms with Crippen molar-refractivity contribution in [2.45, 2.75) is 135 Å². The fourth-order valence-electron chi connectivity index (χ4n) is 6.65. The average Bonchev–Trinajstić information content (AvgIpc) is 3.89. The quantitative estimate of drug-likeness (QED) is 0.0475. The van der Waals surface area contributed by atoms with Crippen LogP contribution in [0.15, 0.2) is 12.5 Å². The minimum atomic E-state index is -1.55. The SMILES string of the molecule is CC(C)C[C@H](NC(=O)[C@H](CO)NC(=O)CNC(=O)[C@@H](N)CCC(=O)O)C(=O)N[C@@H](CC(C)C)C(=O)N[C@@H](CC(C)C)C(=O)N1CCC[C@H]1C(=O)N[C@@H](Cc1c[nH]cn1)C(=O)O. The monoisotopic (exact) mass is 864 g/mol. The Balaban J connectivity index is 2.18. The van der Waals surface area contributed by atoms with Crippen LogP contribution >= 0.6 is 0 Å². The van der Waals surface area contributed by atoms with Gasteiger partial charge >= 0.3 is 11.9 Å². The molecule has 0 radical (unpaired) electrons. The number of carbonyl (C=O) groups excluding carboxylic acids is 7. The van der Waals surface area contributed by atoms with Gasteiger partial charge in [0.05, 0.1) is 31.2 Å². The number of aliphatic hydroxyl groups is 1. The van der Waals surface area contributed by atoms with Gasteiger partial charge in [-0.15, -0.1) is 0 Å². The Hall–Kier alpha value is -5.64. The topological polar surface area (TPSA) is 344 Å². The third-order valence-corrected chi connectivity index (χ3v) is 9.69. The number of likely N-dealkylation sites (tertiary alicyclic amines) is 1. The molecular weight excluding hydrogens is 800 g/mol. The van der Waals surface area contributed by atoms with Crippen molar-refractivity contribution in [3.05, 3.63) is 18.2 Å². The molecule has 0 aromatic carbocycles. The Morgan fingerprint density at radius 1 is 0.770 bits per heavy atom. The number of carboxylic acids is 2. The molecular formula is C39H64N10O12. The highest BCUT2D eigenvalue weighted by atomic mass is 16.4. The molecule has 1 aliphatic rings. The Morgan fingerprint density at radius 2 is 1.31 bits per heavy atom. The average molecular weight is 865 g/mol. The largest absolute Gasteiger partial charge is 0.481 e. The van der Waals surface area contributed by atoms with Crippen LogP contribution in [-0.2, 0) is 49.6 Å². The maximum absolute atomic E-state index is 14.1. The van der Waals surface area contributed by atoms with Gasteiger partial charge in [-0.1, -0.05) is 41.5 Å². The molecule has 1 aromatic rings. The van der Waals surface area contributed by atoms with Crippen LogP contribution in [0.25, 0.3) is 0 Å². The minimum Gasteiger partial charge on any atom is -0.481 e. The summed E-state index contributed by atoms with van der Waals surface area (Å²) >= 11 is 0. The van der Waals surface area contributed by atoms with E-state index in [1.807, 2.05) is 27.7 Å². The number of rotatable bonds is 26. The highest BCUT2D eigenvalue weighted by Crippen LogP contribution is 2.21. The van der Waals surface area contributed by atoms with Gasteiger partial charge in [0, 0.05) is 25.6 Å². The molecule has 1 aliphatic heterocycles. The van der Waals surface area contributed by atoms with Crippen LogP contribution in [0.5, 0.6) is 0 Å². The number of carboxylic acid groups (broad SMARTS) is 2. The lowest BCUT2D eigenvalue weighted by molar-refractivity contribution is -0.145. The van der Waals surface area contributed by atoms with Crippen molar-refractivity contribution < 1.29 is 58.5 Å². The molecule has 7 amide bonds. The zero-order valence-electron chi connectivity index (χ0n) is 35.7. The summed E-state index contributed by atoms with van der Waals surface area (Å²) in [4.78, 5) is 124. The van der Waals surface area contributed by atoms with E-state index in [1.54, 1.807) is 13.8 Å². The maximum Gasteiger partial charge on any atom is 0.326 e. The number of nitrogens with two attached hydrogens (primary N) is 1. The summed E-state index contributed by atoms with van der Waals surface area (Å²) in [7, 11) is 0. The number of hydrogen-bond donors (Lipinski definition) is 11. The van der Waals surface area contributed by atoms with E-state index in [0.29, 0.717) is 12.1 Å². The molecule has 22 nitrogen and oxygen atoms in total. The summed E-state index contributed by atoms with van der Waals surface area (Å²) in [5.41, 5.74) is 6.06. The van der Waals surface area contributed by atoms with E-state index in [1.165, 1.54) is 17.4 Å². The highest BCUT2D eigenvalue weighted by Gasteiger charge is 2.40.